The molecule has 2 aromatic carbocycles. The molecule has 0 bridgehead atoms. The van der Waals surface area contributed by atoms with Gasteiger partial charge in [0.25, 0.3) is 0 Å². The number of hydrogen-bond donors (Lipinski definition) is 12. The van der Waals surface area contributed by atoms with Crippen LogP contribution >= 0.6 is 0 Å². The van der Waals surface area contributed by atoms with Crippen LogP contribution in [0.25, 0.3) is 6.08 Å². The van der Waals surface area contributed by atoms with Gasteiger partial charge in [-0.25, -0.2) is 0 Å². The maximum atomic E-state index is 10.8. The van der Waals surface area contributed by atoms with Crippen LogP contribution in [0.2, 0.25) is 0 Å². The summed E-state index contributed by atoms with van der Waals surface area (Å²) in [5.41, 5.74) is 0.275. The van der Waals surface area contributed by atoms with Crippen molar-refractivity contribution in [1.29, 1.82) is 0 Å². The van der Waals surface area contributed by atoms with Crippen molar-refractivity contribution in [1.82, 2.24) is 0 Å². The predicted molar refractivity (Wildman–Crippen MR) is 164 cm³/mol. The van der Waals surface area contributed by atoms with Crippen molar-refractivity contribution < 1.29 is 94.4 Å². The molecule has 0 spiro atoms. The minimum absolute atomic E-state index is 0.0123. The van der Waals surface area contributed by atoms with Crippen LogP contribution in [-0.4, -0.2) is 161 Å². The van der Waals surface area contributed by atoms with Gasteiger partial charge in [-0.3, -0.25) is 0 Å². The molecule has 3 saturated heterocycles. The lowest BCUT2D eigenvalue weighted by atomic mass is 9.98. The molecule has 0 aliphatic carbocycles. The highest BCUT2D eigenvalue weighted by molar-refractivity contribution is 5.69. The minimum Gasteiger partial charge on any atom is -0.508 e. The molecule has 51 heavy (non-hydrogen) atoms. The summed E-state index contributed by atoms with van der Waals surface area (Å²) in [5.74, 6) is -1.79. The van der Waals surface area contributed by atoms with E-state index in [4.69, 9.17) is 33.2 Å². The standard InChI is InChI=1S/C32H40O19/c1-10-28(51-32-25(42)21(38)19(8-33)49-32)24(41)27(44)30(46-10)45-9-20-22(39)23(40)26(43)31(50-20)48-18-7-13-15(36)5-12(34)6-17(13)47-29(18)11-2-3-14(35)16(37)4-11/h2-7,10,19-44H,8-9H2,1H3/t10-,19+,20+,21-,22+,23-,24-,25+,26+,27+,28-,29?,30+,31+,32-/m0/s1. The third-order valence-corrected chi connectivity index (χ3v) is 9.11. The van der Waals surface area contributed by atoms with Crippen molar-refractivity contribution in [3.05, 3.63) is 47.2 Å². The number of benzene rings is 2. The van der Waals surface area contributed by atoms with Gasteiger partial charge in [0.2, 0.25) is 6.29 Å². The van der Waals surface area contributed by atoms with Gasteiger partial charge >= 0.3 is 0 Å². The zero-order valence-corrected chi connectivity index (χ0v) is 26.8. The molecular formula is C32H40O19. The largest absolute Gasteiger partial charge is 0.508 e. The van der Waals surface area contributed by atoms with Gasteiger partial charge in [-0.05, 0) is 25.1 Å². The SMILES string of the molecule is C[C@@H]1O[C@@H](OC[C@H]2O[C@@H](OC3=Cc4c(O)cc(O)cc4OC3c3ccc(O)c(O)c3)[C@H](O)[C@@H](O)[C@@H]2O)[C@H](O)[C@H](O)[C@H]1O[C@@H]1O[C@H](CO)[C@H](O)[C@H]1O. The molecule has 0 amide bonds. The quantitative estimate of drug-likeness (QED) is 0.115. The number of ether oxygens (including phenoxy) is 7. The van der Waals surface area contributed by atoms with Crippen molar-refractivity contribution in [2.45, 2.75) is 99.0 Å². The maximum Gasteiger partial charge on any atom is 0.228 e. The van der Waals surface area contributed by atoms with Crippen LogP contribution in [0.4, 0.5) is 0 Å². The lowest BCUT2D eigenvalue weighted by molar-refractivity contribution is -0.338. The molecule has 0 radical (unpaired) electrons. The van der Waals surface area contributed by atoms with E-state index in [0.29, 0.717) is 0 Å². The Kier molecular flexibility index (Phi) is 10.8. The Balaban J connectivity index is 1.15. The van der Waals surface area contributed by atoms with Gasteiger partial charge in [0.1, 0.15) is 84.0 Å². The van der Waals surface area contributed by atoms with Crippen LogP contribution in [0.15, 0.2) is 36.1 Å². The van der Waals surface area contributed by atoms with Gasteiger partial charge in [0.15, 0.2) is 30.2 Å². The van der Waals surface area contributed by atoms with E-state index in [-0.39, 0.29) is 28.4 Å². The average Bonchev–Trinajstić information content (AvgIpc) is 3.37. The number of aromatic hydroxyl groups is 4. The third-order valence-electron chi connectivity index (χ3n) is 9.11. The molecule has 2 aromatic rings. The Bertz CT molecular complexity index is 1570. The number of fused-ring (bicyclic) bond motifs is 1. The molecule has 19 heteroatoms. The number of hydrogen-bond acceptors (Lipinski definition) is 19. The van der Waals surface area contributed by atoms with E-state index in [2.05, 4.69) is 0 Å². The summed E-state index contributed by atoms with van der Waals surface area (Å²) < 4.78 is 39.8. The third kappa shape index (κ3) is 7.26. The fourth-order valence-electron chi connectivity index (χ4n) is 6.21. The molecule has 0 saturated carbocycles. The van der Waals surface area contributed by atoms with E-state index in [1.807, 2.05) is 0 Å². The van der Waals surface area contributed by atoms with Crippen LogP contribution < -0.4 is 4.74 Å². The van der Waals surface area contributed by atoms with E-state index in [9.17, 15) is 61.3 Å². The highest BCUT2D eigenvalue weighted by Crippen LogP contribution is 2.45. The zero-order valence-electron chi connectivity index (χ0n) is 26.8. The van der Waals surface area contributed by atoms with Crippen LogP contribution in [0.1, 0.15) is 24.2 Å². The van der Waals surface area contributed by atoms with Gasteiger partial charge in [-0.1, -0.05) is 6.07 Å². The van der Waals surface area contributed by atoms with Gasteiger partial charge in [0.05, 0.1) is 24.9 Å². The van der Waals surface area contributed by atoms with E-state index in [0.717, 1.165) is 12.1 Å². The Morgan fingerprint density at radius 1 is 0.667 bits per heavy atom. The second-order valence-corrected chi connectivity index (χ2v) is 12.6. The summed E-state index contributed by atoms with van der Waals surface area (Å²) in [6.07, 6.45) is -21.5. The van der Waals surface area contributed by atoms with Gasteiger partial charge in [-0.15, -0.1) is 0 Å². The summed E-state index contributed by atoms with van der Waals surface area (Å²) in [5, 5.41) is 124. The highest BCUT2D eigenvalue weighted by Gasteiger charge is 2.51. The van der Waals surface area contributed by atoms with E-state index < -0.39 is 123 Å². The highest BCUT2D eigenvalue weighted by atomic mass is 16.8. The van der Waals surface area contributed by atoms with Crippen molar-refractivity contribution in [2.24, 2.45) is 0 Å². The molecule has 3 fully saturated rings. The second kappa shape index (κ2) is 14.8. The molecule has 4 heterocycles. The maximum absolute atomic E-state index is 10.8. The number of rotatable bonds is 9. The number of phenols is 4. The lowest BCUT2D eigenvalue weighted by Gasteiger charge is -2.44. The van der Waals surface area contributed by atoms with E-state index in [1.165, 1.54) is 31.2 Å². The fourth-order valence-corrected chi connectivity index (χ4v) is 6.21. The minimum atomic E-state index is -1.87. The number of phenolic OH excluding ortho intramolecular Hbond substituents is 4. The summed E-state index contributed by atoms with van der Waals surface area (Å²) in [7, 11) is 0. The van der Waals surface area contributed by atoms with Gasteiger partial charge < -0.3 is 94.4 Å². The topological polar surface area (TPSA) is 307 Å². The summed E-state index contributed by atoms with van der Waals surface area (Å²) in [4.78, 5) is 0. The normalized spacial score (nSPS) is 39.5. The smallest absolute Gasteiger partial charge is 0.228 e. The van der Waals surface area contributed by atoms with Gasteiger partial charge in [-0.2, -0.15) is 0 Å². The summed E-state index contributed by atoms with van der Waals surface area (Å²) in [6, 6.07) is 5.98. The lowest BCUT2D eigenvalue weighted by Crippen LogP contribution is -2.61. The molecule has 12 N–H and O–H groups in total. The van der Waals surface area contributed by atoms with Crippen LogP contribution in [0.5, 0.6) is 28.7 Å². The van der Waals surface area contributed by atoms with Crippen molar-refractivity contribution in [2.75, 3.05) is 13.2 Å². The van der Waals surface area contributed by atoms with E-state index in [1.54, 1.807) is 0 Å². The first-order valence-electron chi connectivity index (χ1n) is 15.9. The van der Waals surface area contributed by atoms with Crippen molar-refractivity contribution in [3.8, 4) is 28.7 Å². The number of aliphatic hydroxyl groups is 8. The molecule has 15 atom stereocenters. The summed E-state index contributed by atoms with van der Waals surface area (Å²) >= 11 is 0. The van der Waals surface area contributed by atoms with Crippen LogP contribution in [0.3, 0.4) is 0 Å². The Morgan fingerprint density at radius 3 is 2.02 bits per heavy atom. The molecule has 282 valence electrons. The first-order valence-corrected chi connectivity index (χ1v) is 15.9. The Labute approximate surface area is 288 Å². The molecule has 0 aromatic heterocycles. The summed E-state index contributed by atoms with van der Waals surface area (Å²) in [6.45, 7) is 0.245. The molecule has 4 aliphatic heterocycles. The first kappa shape index (κ1) is 37.2. The Morgan fingerprint density at radius 2 is 1.33 bits per heavy atom. The molecule has 4 aliphatic rings. The molecular weight excluding hydrogens is 688 g/mol. The Hall–Kier alpha value is -3.54. The molecule has 1 unspecified atom stereocenters. The monoisotopic (exact) mass is 728 g/mol. The van der Waals surface area contributed by atoms with Crippen molar-refractivity contribution >= 4 is 6.08 Å². The fraction of sp³-hybridized carbons (Fsp3) is 0.562. The van der Waals surface area contributed by atoms with E-state index >= 15 is 0 Å². The van der Waals surface area contributed by atoms with Crippen LogP contribution in [0, 0.1) is 0 Å². The predicted octanol–water partition coefficient (Wildman–Crippen LogP) is -2.88. The van der Waals surface area contributed by atoms with Crippen LogP contribution in [-0.2, 0) is 28.4 Å². The van der Waals surface area contributed by atoms with Crippen molar-refractivity contribution in [3.63, 3.8) is 0 Å². The first-order chi connectivity index (χ1) is 24.2. The molecule has 6 rings (SSSR count). The molecule has 19 nitrogen and oxygen atoms in total. The number of aliphatic hydroxyl groups excluding tert-OH is 8. The zero-order chi connectivity index (χ0) is 36.9. The average molecular weight is 729 g/mol. The second-order valence-electron chi connectivity index (χ2n) is 12.6. The van der Waals surface area contributed by atoms with Gasteiger partial charge in [0, 0.05) is 17.7 Å².